The van der Waals surface area contributed by atoms with E-state index in [0.717, 1.165) is 50.5 Å². The van der Waals surface area contributed by atoms with Crippen molar-refractivity contribution in [2.45, 2.75) is 76.6 Å². The van der Waals surface area contributed by atoms with E-state index in [4.69, 9.17) is 14.2 Å². The number of carboxylic acids is 1. The van der Waals surface area contributed by atoms with E-state index in [1.165, 1.54) is 12.7 Å². The minimum atomic E-state index is -0.984. The third-order valence-electron chi connectivity index (χ3n) is 9.57. The normalized spacial score (nSPS) is 45.9. The molecule has 3 saturated carbocycles. The summed E-state index contributed by atoms with van der Waals surface area (Å²) in [5.74, 6) is -0.967. The lowest BCUT2D eigenvalue weighted by Crippen LogP contribution is -2.63. The fourth-order valence-corrected chi connectivity index (χ4v) is 7.81. The second-order valence-electron chi connectivity index (χ2n) is 10.5. The minimum absolute atomic E-state index is 0.110. The average molecular weight is 419 g/mol. The Labute approximate surface area is 178 Å². The molecule has 6 heteroatoms. The SMILES string of the molecule is CO/C(C(=O)O)=C1\CC[C@H]2[C@@H]3CC=C4CC5(CC[C@]4(C)[C@@]3(O)CC[C@]12C)OCCO5. The summed E-state index contributed by atoms with van der Waals surface area (Å²) in [4.78, 5) is 11.8. The Morgan fingerprint density at radius 1 is 1.13 bits per heavy atom. The van der Waals surface area contributed by atoms with Crippen LogP contribution in [0.1, 0.15) is 65.2 Å². The Bertz CT molecular complexity index is 824. The Morgan fingerprint density at radius 3 is 2.53 bits per heavy atom. The van der Waals surface area contributed by atoms with Crippen molar-refractivity contribution in [3.8, 4) is 0 Å². The van der Waals surface area contributed by atoms with Gasteiger partial charge in [-0.05, 0) is 61.3 Å². The molecule has 5 atom stereocenters. The Morgan fingerprint density at radius 2 is 1.87 bits per heavy atom. The maximum atomic E-state index is 12.2. The highest BCUT2D eigenvalue weighted by Crippen LogP contribution is 2.68. The molecule has 0 aromatic carbocycles. The molecule has 30 heavy (non-hydrogen) atoms. The number of allylic oxidation sites excluding steroid dienone is 2. The number of carbonyl (C=O) groups is 1. The highest BCUT2D eigenvalue weighted by molar-refractivity contribution is 5.85. The monoisotopic (exact) mass is 418 g/mol. The molecular weight excluding hydrogens is 384 g/mol. The van der Waals surface area contributed by atoms with Crippen molar-refractivity contribution in [2.75, 3.05) is 20.3 Å². The zero-order valence-electron chi connectivity index (χ0n) is 18.3. The van der Waals surface area contributed by atoms with E-state index in [2.05, 4.69) is 19.9 Å². The molecule has 0 unspecified atom stereocenters. The molecule has 0 aromatic rings. The van der Waals surface area contributed by atoms with E-state index in [9.17, 15) is 15.0 Å². The zero-order chi connectivity index (χ0) is 21.4. The molecule has 2 N–H and O–H groups in total. The number of fused-ring (bicyclic) bond motifs is 5. The first-order valence-electron chi connectivity index (χ1n) is 11.4. The number of rotatable bonds is 2. The van der Waals surface area contributed by atoms with Gasteiger partial charge < -0.3 is 24.4 Å². The summed E-state index contributed by atoms with van der Waals surface area (Å²) >= 11 is 0. The van der Waals surface area contributed by atoms with Crippen molar-refractivity contribution < 1.29 is 29.2 Å². The number of hydrogen-bond donors (Lipinski definition) is 2. The Balaban J connectivity index is 1.51. The van der Waals surface area contributed by atoms with Gasteiger partial charge in [-0.3, -0.25) is 0 Å². The number of aliphatic hydroxyl groups is 1. The first kappa shape index (κ1) is 20.5. The van der Waals surface area contributed by atoms with Gasteiger partial charge in [-0.15, -0.1) is 0 Å². The van der Waals surface area contributed by atoms with Crippen LogP contribution in [0.2, 0.25) is 0 Å². The van der Waals surface area contributed by atoms with Crippen LogP contribution in [0.4, 0.5) is 0 Å². The molecule has 0 bridgehead atoms. The summed E-state index contributed by atoms with van der Waals surface area (Å²) in [6.45, 7) is 5.73. The molecule has 0 radical (unpaired) electrons. The lowest BCUT2D eigenvalue weighted by Gasteiger charge is -2.62. The van der Waals surface area contributed by atoms with Crippen LogP contribution in [0.5, 0.6) is 0 Å². The van der Waals surface area contributed by atoms with Crippen molar-refractivity contribution in [3.05, 3.63) is 23.0 Å². The molecule has 1 spiro atoms. The number of hydrogen-bond acceptors (Lipinski definition) is 5. The molecule has 1 aliphatic heterocycles. The summed E-state index contributed by atoms with van der Waals surface area (Å²) in [7, 11) is 1.45. The summed E-state index contributed by atoms with van der Waals surface area (Å²) in [6.07, 6.45) is 8.72. The molecule has 1 heterocycles. The standard InChI is InChI=1S/C24H34O6/c1-21-8-11-24(27)17(16(21)6-7-18(21)19(28-3)20(25)26)5-4-15-14-23(29-12-13-30-23)10-9-22(15,24)2/h4,16-17,27H,5-14H2,1-3H3,(H,25,26)/b19-18+/t16-,17-,21-,22-,24+/m0/s1. The number of methoxy groups -OCH3 is 1. The predicted molar refractivity (Wildman–Crippen MR) is 109 cm³/mol. The van der Waals surface area contributed by atoms with Crippen LogP contribution in [0.25, 0.3) is 0 Å². The van der Waals surface area contributed by atoms with Crippen LogP contribution in [0.3, 0.4) is 0 Å². The molecule has 4 aliphatic carbocycles. The predicted octanol–water partition coefficient (Wildman–Crippen LogP) is 3.79. The van der Waals surface area contributed by atoms with Crippen molar-refractivity contribution >= 4 is 5.97 Å². The molecular formula is C24H34O6. The van der Waals surface area contributed by atoms with Crippen molar-refractivity contribution in [1.82, 2.24) is 0 Å². The van der Waals surface area contributed by atoms with E-state index in [-0.39, 0.29) is 28.4 Å². The number of aliphatic carboxylic acids is 1. The number of carboxylic acid groups (broad SMARTS) is 1. The molecule has 0 amide bonds. The highest BCUT2D eigenvalue weighted by Gasteiger charge is 2.66. The van der Waals surface area contributed by atoms with Crippen molar-refractivity contribution in [2.24, 2.45) is 22.7 Å². The van der Waals surface area contributed by atoms with E-state index in [1.54, 1.807) is 0 Å². The van der Waals surface area contributed by atoms with Crippen LogP contribution in [-0.4, -0.2) is 47.9 Å². The fraction of sp³-hybridized carbons (Fsp3) is 0.792. The lowest BCUT2D eigenvalue weighted by molar-refractivity contribution is -0.218. The Kier molecular flexibility index (Phi) is 4.49. The maximum Gasteiger partial charge on any atom is 0.371 e. The van der Waals surface area contributed by atoms with Crippen molar-refractivity contribution in [3.63, 3.8) is 0 Å². The molecule has 5 rings (SSSR count). The van der Waals surface area contributed by atoms with E-state index >= 15 is 0 Å². The van der Waals surface area contributed by atoms with Crippen LogP contribution in [-0.2, 0) is 19.0 Å². The van der Waals surface area contributed by atoms with E-state index in [1.807, 2.05) is 0 Å². The van der Waals surface area contributed by atoms with E-state index in [0.29, 0.717) is 19.6 Å². The minimum Gasteiger partial charge on any atom is -0.490 e. The van der Waals surface area contributed by atoms with Crippen LogP contribution in [0, 0.1) is 22.7 Å². The molecule has 166 valence electrons. The Hall–Kier alpha value is -1.37. The first-order chi connectivity index (χ1) is 14.2. The highest BCUT2D eigenvalue weighted by atomic mass is 16.7. The van der Waals surface area contributed by atoms with Gasteiger partial charge in [0.1, 0.15) is 0 Å². The van der Waals surface area contributed by atoms with E-state index < -0.39 is 17.4 Å². The van der Waals surface area contributed by atoms with Gasteiger partial charge in [-0.25, -0.2) is 4.79 Å². The quantitative estimate of drug-likeness (QED) is 0.403. The molecule has 5 aliphatic rings. The van der Waals surface area contributed by atoms with Crippen LogP contribution < -0.4 is 0 Å². The van der Waals surface area contributed by atoms with Gasteiger partial charge >= 0.3 is 5.97 Å². The summed E-state index contributed by atoms with van der Waals surface area (Å²) in [6, 6.07) is 0. The fourth-order valence-electron chi connectivity index (χ4n) is 7.81. The van der Waals surface area contributed by atoms with Gasteiger partial charge in [0.25, 0.3) is 0 Å². The summed E-state index contributed by atoms with van der Waals surface area (Å²) in [5.41, 5.74) is 0.944. The van der Waals surface area contributed by atoms with Crippen molar-refractivity contribution in [1.29, 1.82) is 0 Å². The van der Waals surface area contributed by atoms with Gasteiger partial charge in [-0.2, -0.15) is 0 Å². The van der Waals surface area contributed by atoms with Gasteiger partial charge in [0, 0.05) is 18.3 Å². The largest absolute Gasteiger partial charge is 0.490 e. The molecule has 1 saturated heterocycles. The maximum absolute atomic E-state index is 12.2. The average Bonchev–Trinajstić information content (AvgIpc) is 3.29. The molecule has 4 fully saturated rings. The lowest BCUT2D eigenvalue weighted by atomic mass is 9.45. The second kappa shape index (κ2) is 6.57. The first-order valence-corrected chi connectivity index (χ1v) is 11.4. The summed E-state index contributed by atoms with van der Waals surface area (Å²) < 4.78 is 17.3. The second-order valence-corrected chi connectivity index (χ2v) is 10.5. The van der Waals surface area contributed by atoms with Gasteiger partial charge in [0.05, 0.1) is 25.9 Å². The molecule has 6 nitrogen and oxygen atoms in total. The van der Waals surface area contributed by atoms with Gasteiger partial charge in [0.2, 0.25) is 5.76 Å². The van der Waals surface area contributed by atoms with Gasteiger partial charge in [-0.1, -0.05) is 25.5 Å². The zero-order valence-corrected chi connectivity index (χ0v) is 18.3. The van der Waals surface area contributed by atoms with Crippen LogP contribution in [0.15, 0.2) is 23.0 Å². The van der Waals surface area contributed by atoms with Gasteiger partial charge in [0.15, 0.2) is 5.79 Å². The number of ether oxygens (including phenoxy) is 3. The summed E-state index contributed by atoms with van der Waals surface area (Å²) in [5, 5.41) is 21.9. The topological polar surface area (TPSA) is 85.2 Å². The third-order valence-corrected chi connectivity index (χ3v) is 9.57. The van der Waals surface area contributed by atoms with Crippen LogP contribution >= 0.6 is 0 Å². The smallest absolute Gasteiger partial charge is 0.371 e. The third kappa shape index (κ3) is 2.50. The molecule has 0 aromatic heterocycles.